The SMILES string of the molecule is OC(c1ccc(C2CC2)cc1)c1cccc(Br)c1F. The predicted octanol–water partition coefficient (Wildman–Crippen LogP) is 4.55. The average molecular weight is 321 g/mol. The van der Waals surface area contributed by atoms with E-state index >= 15 is 0 Å². The standard InChI is InChI=1S/C16H14BrFO/c17-14-3-1-2-13(15(14)18)16(19)12-8-6-11(7-9-12)10-4-5-10/h1-3,6-10,16,19H,4-5H2. The minimum atomic E-state index is -0.925. The van der Waals surface area contributed by atoms with Gasteiger partial charge in [0.2, 0.25) is 0 Å². The minimum absolute atomic E-state index is 0.300. The molecule has 0 aromatic heterocycles. The number of rotatable bonds is 3. The van der Waals surface area contributed by atoms with E-state index in [1.807, 2.05) is 24.3 Å². The molecule has 2 aromatic carbocycles. The maximum absolute atomic E-state index is 13.9. The second-order valence-corrected chi connectivity index (χ2v) is 5.84. The zero-order chi connectivity index (χ0) is 13.4. The normalized spacial score (nSPS) is 16.4. The summed E-state index contributed by atoms with van der Waals surface area (Å²) in [6.07, 6.45) is 1.58. The number of benzene rings is 2. The molecular weight excluding hydrogens is 307 g/mol. The van der Waals surface area contributed by atoms with E-state index < -0.39 is 11.9 Å². The van der Waals surface area contributed by atoms with Crippen LogP contribution in [0, 0.1) is 5.82 Å². The molecule has 1 N–H and O–H groups in total. The Hall–Kier alpha value is -1.19. The van der Waals surface area contributed by atoms with E-state index in [-0.39, 0.29) is 0 Å². The number of aliphatic hydroxyl groups excluding tert-OH is 1. The largest absolute Gasteiger partial charge is 0.384 e. The average Bonchev–Trinajstić information content (AvgIpc) is 3.26. The quantitative estimate of drug-likeness (QED) is 0.879. The van der Waals surface area contributed by atoms with Gasteiger partial charge in [-0.3, -0.25) is 0 Å². The Morgan fingerprint density at radius 2 is 1.79 bits per heavy atom. The summed E-state index contributed by atoms with van der Waals surface area (Å²) in [5.41, 5.74) is 2.33. The molecule has 1 aliphatic rings. The van der Waals surface area contributed by atoms with Crippen LogP contribution in [0.25, 0.3) is 0 Å². The van der Waals surface area contributed by atoms with E-state index in [2.05, 4.69) is 15.9 Å². The smallest absolute Gasteiger partial charge is 0.143 e. The fourth-order valence-corrected chi connectivity index (χ4v) is 2.66. The van der Waals surface area contributed by atoms with Crippen LogP contribution in [0.5, 0.6) is 0 Å². The first-order valence-corrected chi connectivity index (χ1v) is 7.18. The summed E-state index contributed by atoms with van der Waals surface area (Å²) in [4.78, 5) is 0. The third-order valence-electron chi connectivity index (χ3n) is 3.58. The zero-order valence-corrected chi connectivity index (χ0v) is 11.9. The fraction of sp³-hybridized carbons (Fsp3) is 0.250. The summed E-state index contributed by atoms with van der Waals surface area (Å²) in [5, 5.41) is 10.3. The first-order valence-electron chi connectivity index (χ1n) is 6.38. The van der Waals surface area contributed by atoms with Crippen LogP contribution in [0.4, 0.5) is 4.39 Å². The van der Waals surface area contributed by atoms with Gasteiger partial charge in [0.25, 0.3) is 0 Å². The van der Waals surface area contributed by atoms with Crippen molar-refractivity contribution < 1.29 is 9.50 Å². The van der Waals surface area contributed by atoms with Crippen LogP contribution in [0.1, 0.15) is 41.6 Å². The van der Waals surface area contributed by atoms with Gasteiger partial charge in [-0.2, -0.15) is 0 Å². The third-order valence-corrected chi connectivity index (χ3v) is 4.19. The van der Waals surface area contributed by atoms with E-state index in [1.54, 1.807) is 18.2 Å². The molecule has 3 rings (SSSR count). The third kappa shape index (κ3) is 2.58. The Morgan fingerprint density at radius 1 is 1.11 bits per heavy atom. The summed E-state index contributed by atoms with van der Waals surface area (Å²) in [6.45, 7) is 0. The molecule has 1 atom stereocenters. The van der Waals surface area contributed by atoms with Gasteiger partial charge in [-0.15, -0.1) is 0 Å². The summed E-state index contributed by atoms with van der Waals surface area (Å²) < 4.78 is 14.3. The molecule has 1 aliphatic carbocycles. The molecular formula is C16H14BrFO. The van der Waals surface area contributed by atoms with E-state index in [0.717, 1.165) is 5.56 Å². The maximum Gasteiger partial charge on any atom is 0.143 e. The lowest BCUT2D eigenvalue weighted by atomic mass is 9.99. The highest BCUT2D eigenvalue weighted by Crippen LogP contribution is 2.40. The van der Waals surface area contributed by atoms with Gasteiger partial charge in [0, 0.05) is 5.56 Å². The van der Waals surface area contributed by atoms with Gasteiger partial charge < -0.3 is 5.11 Å². The summed E-state index contributed by atoms with van der Waals surface area (Å²) in [7, 11) is 0. The van der Waals surface area contributed by atoms with E-state index in [4.69, 9.17) is 0 Å². The molecule has 0 spiro atoms. The molecule has 1 fully saturated rings. The van der Waals surface area contributed by atoms with Crippen molar-refractivity contribution in [2.45, 2.75) is 24.9 Å². The van der Waals surface area contributed by atoms with Crippen LogP contribution in [-0.4, -0.2) is 5.11 Å². The monoisotopic (exact) mass is 320 g/mol. The van der Waals surface area contributed by atoms with Crippen LogP contribution in [0.15, 0.2) is 46.9 Å². The lowest BCUT2D eigenvalue weighted by molar-refractivity contribution is 0.214. The molecule has 0 radical (unpaired) electrons. The molecule has 1 unspecified atom stereocenters. The van der Waals surface area contributed by atoms with Crippen molar-refractivity contribution in [3.63, 3.8) is 0 Å². The maximum atomic E-state index is 13.9. The first kappa shape index (κ1) is 12.8. The Kier molecular flexibility index (Phi) is 3.42. The Bertz CT molecular complexity index is 590. The number of hydrogen-bond acceptors (Lipinski definition) is 1. The van der Waals surface area contributed by atoms with E-state index in [0.29, 0.717) is 16.0 Å². The molecule has 2 aromatic rings. The highest BCUT2D eigenvalue weighted by atomic mass is 79.9. The summed E-state index contributed by atoms with van der Waals surface area (Å²) in [5.74, 6) is 0.287. The van der Waals surface area contributed by atoms with Crippen molar-refractivity contribution in [3.05, 3.63) is 69.4 Å². The predicted molar refractivity (Wildman–Crippen MR) is 76.6 cm³/mol. The molecule has 0 saturated heterocycles. The Balaban J connectivity index is 1.90. The van der Waals surface area contributed by atoms with Gasteiger partial charge >= 0.3 is 0 Å². The number of hydrogen-bond donors (Lipinski definition) is 1. The highest BCUT2D eigenvalue weighted by Gasteiger charge is 2.23. The fourth-order valence-electron chi connectivity index (χ4n) is 2.28. The minimum Gasteiger partial charge on any atom is -0.384 e. The molecule has 0 bridgehead atoms. The first-order chi connectivity index (χ1) is 9.16. The topological polar surface area (TPSA) is 20.2 Å². The Morgan fingerprint density at radius 3 is 2.42 bits per heavy atom. The van der Waals surface area contributed by atoms with Crippen LogP contribution < -0.4 is 0 Å². The lowest BCUT2D eigenvalue weighted by Gasteiger charge is -2.13. The van der Waals surface area contributed by atoms with Crippen LogP contribution >= 0.6 is 15.9 Å². The molecule has 0 amide bonds. The summed E-state index contributed by atoms with van der Waals surface area (Å²) in [6, 6.07) is 12.8. The molecule has 19 heavy (non-hydrogen) atoms. The van der Waals surface area contributed by atoms with Crippen molar-refractivity contribution >= 4 is 15.9 Å². The lowest BCUT2D eigenvalue weighted by Crippen LogP contribution is -2.03. The van der Waals surface area contributed by atoms with Gasteiger partial charge in [0.1, 0.15) is 11.9 Å². The molecule has 0 aliphatic heterocycles. The second kappa shape index (κ2) is 5.06. The van der Waals surface area contributed by atoms with Crippen LogP contribution in [0.2, 0.25) is 0 Å². The van der Waals surface area contributed by atoms with Crippen molar-refractivity contribution in [3.8, 4) is 0 Å². The molecule has 1 saturated carbocycles. The van der Waals surface area contributed by atoms with Gasteiger partial charge in [-0.1, -0.05) is 36.4 Å². The van der Waals surface area contributed by atoms with Crippen LogP contribution in [-0.2, 0) is 0 Å². The highest BCUT2D eigenvalue weighted by molar-refractivity contribution is 9.10. The molecule has 3 heteroatoms. The van der Waals surface area contributed by atoms with Crippen molar-refractivity contribution in [1.82, 2.24) is 0 Å². The van der Waals surface area contributed by atoms with Gasteiger partial charge in [-0.25, -0.2) is 4.39 Å². The van der Waals surface area contributed by atoms with Crippen molar-refractivity contribution in [1.29, 1.82) is 0 Å². The Labute approximate surface area is 120 Å². The van der Waals surface area contributed by atoms with E-state index in [9.17, 15) is 9.50 Å². The zero-order valence-electron chi connectivity index (χ0n) is 10.3. The molecule has 0 heterocycles. The number of aliphatic hydroxyl groups is 1. The van der Waals surface area contributed by atoms with Crippen molar-refractivity contribution in [2.24, 2.45) is 0 Å². The van der Waals surface area contributed by atoms with Crippen molar-refractivity contribution in [2.75, 3.05) is 0 Å². The van der Waals surface area contributed by atoms with Gasteiger partial charge in [0.15, 0.2) is 0 Å². The van der Waals surface area contributed by atoms with Crippen LogP contribution in [0.3, 0.4) is 0 Å². The van der Waals surface area contributed by atoms with Gasteiger partial charge in [0.05, 0.1) is 4.47 Å². The summed E-state index contributed by atoms with van der Waals surface area (Å²) >= 11 is 3.14. The van der Waals surface area contributed by atoms with E-state index in [1.165, 1.54) is 18.4 Å². The molecule has 98 valence electrons. The number of halogens is 2. The van der Waals surface area contributed by atoms with Gasteiger partial charge in [-0.05, 0) is 51.9 Å². The second-order valence-electron chi connectivity index (χ2n) is 4.99. The molecule has 1 nitrogen and oxygen atoms in total.